The fourth-order valence-electron chi connectivity index (χ4n) is 4.17. The van der Waals surface area contributed by atoms with Crippen LogP contribution in [0.5, 0.6) is 6.01 Å². The summed E-state index contributed by atoms with van der Waals surface area (Å²) in [5.41, 5.74) is 4.97. The number of H-pyrrole nitrogens is 1. The summed E-state index contributed by atoms with van der Waals surface area (Å²) < 4.78 is 18.2. The number of hydrogen-bond acceptors (Lipinski definition) is 13. The number of nitrogens with one attached hydrogen (secondary N) is 1. The number of nitrogens with zero attached hydrogens (tertiary/aromatic N) is 7. The Balaban J connectivity index is 1.42. The molecule has 3 aromatic heterocycles. The summed E-state index contributed by atoms with van der Waals surface area (Å²) in [7, 11) is 1.37. The van der Waals surface area contributed by atoms with Crippen LogP contribution in [-0.4, -0.2) is 93.5 Å². The Morgan fingerprint density at radius 2 is 2.03 bits per heavy atom. The van der Waals surface area contributed by atoms with Crippen molar-refractivity contribution in [2.75, 3.05) is 19.5 Å². The Bertz CT molecular complexity index is 1380. The smallest absolute Gasteiger partial charge is 0.344 e. The van der Waals surface area contributed by atoms with E-state index < -0.39 is 42.7 Å². The molecule has 37 heavy (non-hydrogen) atoms. The van der Waals surface area contributed by atoms with Gasteiger partial charge in [-0.25, -0.2) is 14.9 Å². The first kappa shape index (κ1) is 24.4. The Hall–Kier alpha value is -4.25. The van der Waals surface area contributed by atoms with Crippen LogP contribution in [0.3, 0.4) is 0 Å². The largest absolute Gasteiger partial charge is 0.479 e. The third kappa shape index (κ3) is 4.31. The van der Waals surface area contributed by atoms with Crippen molar-refractivity contribution in [3.8, 4) is 6.01 Å². The second kappa shape index (κ2) is 9.66. The fourth-order valence-corrected chi connectivity index (χ4v) is 4.17. The predicted molar refractivity (Wildman–Crippen MR) is 122 cm³/mol. The number of nitrogen functional groups attached to an aromatic ring is 1. The number of benzene rings is 1. The first-order chi connectivity index (χ1) is 17.8. The van der Waals surface area contributed by atoms with Crippen LogP contribution in [0.15, 0.2) is 36.7 Å². The van der Waals surface area contributed by atoms with Gasteiger partial charge in [-0.2, -0.15) is 9.97 Å². The molecule has 0 radical (unpaired) electrons. The van der Waals surface area contributed by atoms with E-state index >= 15 is 0 Å². The lowest BCUT2D eigenvalue weighted by Crippen LogP contribution is -2.45. The number of nitrogens with two attached hydrogens (primary N) is 1. The minimum Gasteiger partial charge on any atom is -0.479 e. The number of ether oxygens (including phenoxy) is 3. The zero-order valence-corrected chi connectivity index (χ0v) is 19.4. The van der Waals surface area contributed by atoms with Crippen molar-refractivity contribution in [3.63, 3.8) is 0 Å². The number of carboxylic acid groups (broad SMARTS) is 1. The molecule has 1 aliphatic heterocycles. The highest BCUT2D eigenvalue weighted by molar-refractivity contribution is 5.82. The van der Waals surface area contributed by atoms with Crippen LogP contribution < -0.4 is 10.5 Å². The number of imidazole rings is 1. The average Bonchev–Trinajstić information content (AvgIpc) is 3.64. The lowest BCUT2D eigenvalue weighted by Gasteiger charge is -2.29. The standard InChI is InChI=1S/C21H23N9O7/c1-35-20-24-15(22)12-16(25-20)30(9-23-12)17-14(32)13(31)11(37-17)8-36-21(19(33)34,18-26-28-29-27-18)7-10-5-3-2-4-6-10/h2-6,9,11,13-14,17,31-32H,7-8H2,1H3,(H,33,34)(H2,22,24,25)(H,26,27,28,29)/t11-,13-,14-,17-,21+/m1/s1. The van der Waals surface area contributed by atoms with E-state index in [1.54, 1.807) is 30.3 Å². The van der Waals surface area contributed by atoms with Gasteiger partial charge in [0.15, 0.2) is 29.0 Å². The molecule has 0 amide bonds. The molecule has 1 fully saturated rings. The van der Waals surface area contributed by atoms with E-state index in [4.69, 9.17) is 19.9 Å². The summed E-state index contributed by atoms with van der Waals surface area (Å²) in [5, 5.41) is 44.9. The molecule has 0 bridgehead atoms. The number of aliphatic hydroxyl groups excluding tert-OH is 2. The van der Waals surface area contributed by atoms with Gasteiger partial charge in [-0.1, -0.05) is 30.3 Å². The first-order valence-corrected chi connectivity index (χ1v) is 11.0. The minimum absolute atomic E-state index is 0.0208. The molecule has 4 aromatic rings. The summed E-state index contributed by atoms with van der Waals surface area (Å²) in [6, 6.07) is 8.75. The number of carbonyl (C=O) groups is 1. The first-order valence-electron chi connectivity index (χ1n) is 11.0. The molecule has 194 valence electrons. The number of fused-ring (bicyclic) bond motifs is 1. The van der Waals surface area contributed by atoms with Crippen LogP contribution in [0.2, 0.25) is 0 Å². The van der Waals surface area contributed by atoms with E-state index in [9.17, 15) is 20.1 Å². The zero-order chi connectivity index (χ0) is 26.2. The van der Waals surface area contributed by atoms with Crippen molar-refractivity contribution in [1.29, 1.82) is 0 Å². The molecule has 5 atom stereocenters. The minimum atomic E-state index is -2.03. The van der Waals surface area contributed by atoms with E-state index in [0.29, 0.717) is 5.56 Å². The molecular formula is C21H23N9O7. The second-order valence-corrected chi connectivity index (χ2v) is 8.32. The highest BCUT2D eigenvalue weighted by Gasteiger charge is 2.50. The molecule has 0 saturated carbocycles. The van der Waals surface area contributed by atoms with Gasteiger partial charge < -0.3 is 35.3 Å². The molecule has 0 unspecified atom stereocenters. The second-order valence-electron chi connectivity index (χ2n) is 8.32. The molecule has 1 aromatic carbocycles. The van der Waals surface area contributed by atoms with Crippen molar-refractivity contribution in [2.24, 2.45) is 0 Å². The molecule has 0 spiro atoms. The summed E-state index contributed by atoms with van der Waals surface area (Å²) in [4.78, 5) is 24.9. The quantitative estimate of drug-likeness (QED) is 0.177. The van der Waals surface area contributed by atoms with E-state index in [2.05, 4.69) is 35.6 Å². The van der Waals surface area contributed by atoms with Gasteiger partial charge in [0, 0.05) is 6.42 Å². The number of anilines is 1. The van der Waals surface area contributed by atoms with Crippen LogP contribution in [0.1, 0.15) is 17.6 Å². The van der Waals surface area contributed by atoms with E-state index in [1.807, 2.05) is 0 Å². The SMILES string of the molecule is COc1nc(N)c2ncn([C@@H]3O[C@H](CO[C@](Cc4ccccc4)(C(=O)O)c4nnn[nH]4)[C@@H](O)[C@H]3O)c2n1. The van der Waals surface area contributed by atoms with Gasteiger partial charge in [0.05, 0.1) is 20.0 Å². The Morgan fingerprint density at radius 1 is 1.24 bits per heavy atom. The molecule has 6 N–H and O–H groups in total. The molecule has 1 aliphatic rings. The number of hydrogen-bond donors (Lipinski definition) is 5. The Labute approximate surface area is 208 Å². The van der Waals surface area contributed by atoms with Gasteiger partial charge in [0.2, 0.25) is 5.60 Å². The number of aliphatic carboxylic acids is 1. The van der Waals surface area contributed by atoms with Crippen LogP contribution >= 0.6 is 0 Å². The number of tetrazole rings is 1. The van der Waals surface area contributed by atoms with Crippen molar-refractivity contribution >= 4 is 23.0 Å². The summed E-state index contributed by atoms with van der Waals surface area (Å²) in [5.74, 6) is -1.45. The average molecular weight is 513 g/mol. The van der Waals surface area contributed by atoms with Crippen LogP contribution in [0.4, 0.5) is 5.82 Å². The van der Waals surface area contributed by atoms with Gasteiger partial charge in [-0.05, 0) is 16.0 Å². The van der Waals surface area contributed by atoms with Gasteiger partial charge in [-0.3, -0.25) is 4.57 Å². The van der Waals surface area contributed by atoms with Crippen molar-refractivity contribution in [3.05, 3.63) is 48.0 Å². The third-order valence-electron chi connectivity index (χ3n) is 6.09. The maximum Gasteiger partial charge on any atom is 0.344 e. The van der Waals surface area contributed by atoms with Crippen molar-refractivity contribution in [1.82, 2.24) is 40.1 Å². The maximum atomic E-state index is 12.5. The van der Waals surface area contributed by atoms with Crippen molar-refractivity contribution < 1.29 is 34.3 Å². The number of methoxy groups -OCH3 is 1. The van der Waals surface area contributed by atoms with E-state index in [-0.39, 0.29) is 35.2 Å². The van der Waals surface area contributed by atoms with Crippen LogP contribution in [0.25, 0.3) is 11.2 Å². The molecule has 16 nitrogen and oxygen atoms in total. The Morgan fingerprint density at radius 3 is 2.70 bits per heavy atom. The molecule has 16 heteroatoms. The molecule has 5 rings (SSSR count). The van der Waals surface area contributed by atoms with Gasteiger partial charge in [-0.15, -0.1) is 5.10 Å². The molecule has 4 heterocycles. The summed E-state index contributed by atoms with van der Waals surface area (Å²) >= 11 is 0. The monoisotopic (exact) mass is 513 g/mol. The predicted octanol–water partition coefficient (Wildman–Crippen LogP) is -1.21. The summed E-state index contributed by atoms with van der Waals surface area (Å²) in [6.07, 6.45) is -3.96. The number of aliphatic hydroxyl groups is 2. The normalized spacial score (nSPS) is 23.2. The van der Waals surface area contributed by atoms with E-state index in [0.717, 1.165) is 0 Å². The number of aromatic nitrogens is 8. The summed E-state index contributed by atoms with van der Waals surface area (Å²) in [6.45, 7) is -0.429. The lowest BCUT2D eigenvalue weighted by atomic mass is 9.93. The Kier molecular flexibility index (Phi) is 6.38. The molecule has 0 aliphatic carbocycles. The highest BCUT2D eigenvalue weighted by Crippen LogP contribution is 2.35. The van der Waals surface area contributed by atoms with Gasteiger partial charge >= 0.3 is 12.0 Å². The fraction of sp³-hybridized carbons (Fsp3) is 0.381. The number of carboxylic acids is 1. The van der Waals surface area contributed by atoms with Crippen LogP contribution in [-0.2, 0) is 26.3 Å². The van der Waals surface area contributed by atoms with Gasteiger partial charge in [0.1, 0.15) is 18.3 Å². The topological polar surface area (TPSA) is 230 Å². The highest BCUT2D eigenvalue weighted by atomic mass is 16.6. The number of rotatable bonds is 9. The van der Waals surface area contributed by atoms with Gasteiger partial charge in [0.25, 0.3) is 0 Å². The number of aromatic amines is 1. The van der Waals surface area contributed by atoms with Crippen LogP contribution in [0, 0.1) is 0 Å². The molecular weight excluding hydrogens is 490 g/mol. The van der Waals surface area contributed by atoms with Crippen molar-refractivity contribution in [2.45, 2.75) is 36.6 Å². The third-order valence-corrected chi connectivity index (χ3v) is 6.09. The lowest BCUT2D eigenvalue weighted by molar-refractivity contribution is -0.177. The molecule has 1 saturated heterocycles. The zero-order valence-electron chi connectivity index (χ0n) is 19.4. The maximum absolute atomic E-state index is 12.5. The van der Waals surface area contributed by atoms with E-state index in [1.165, 1.54) is 18.0 Å².